The standard InChI is InChI=1S/C20H26N2O2/c1-4-22(14-17-10-6-5-7-11-17)15-20(23)21-18-12-8-9-13-19(18)24-16(2)3/h5-13,16H,4,14-15H2,1-3H3,(H,21,23). The molecule has 0 aliphatic heterocycles. The Morgan fingerprint density at radius 2 is 1.75 bits per heavy atom. The molecule has 0 saturated heterocycles. The lowest BCUT2D eigenvalue weighted by atomic mass is 10.2. The number of hydrogen-bond donors (Lipinski definition) is 1. The molecule has 1 amide bonds. The lowest BCUT2D eigenvalue weighted by molar-refractivity contribution is -0.117. The summed E-state index contributed by atoms with van der Waals surface area (Å²) in [5, 5.41) is 2.96. The van der Waals surface area contributed by atoms with Gasteiger partial charge in [-0.2, -0.15) is 0 Å². The Morgan fingerprint density at radius 1 is 1.08 bits per heavy atom. The summed E-state index contributed by atoms with van der Waals surface area (Å²) >= 11 is 0. The lowest BCUT2D eigenvalue weighted by Crippen LogP contribution is -2.32. The van der Waals surface area contributed by atoms with Crippen molar-refractivity contribution in [3.63, 3.8) is 0 Å². The predicted molar refractivity (Wildman–Crippen MR) is 98.2 cm³/mol. The van der Waals surface area contributed by atoms with E-state index in [9.17, 15) is 4.79 Å². The van der Waals surface area contributed by atoms with Gasteiger partial charge in [-0.1, -0.05) is 49.4 Å². The molecule has 0 fully saturated rings. The van der Waals surface area contributed by atoms with Crippen LogP contribution in [0.1, 0.15) is 26.3 Å². The molecule has 4 nitrogen and oxygen atoms in total. The summed E-state index contributed by atoms with van der Waals surface area (Å²) in [6, 6.07) is 17.7. The smallest absolute Gasteiger partial charge is 0.238 e. The second kappa shape index (κ2) is 9.08. The van der Waals surface area contributed by atoms with Crippen LogP contribution in [0.25, 0.3) is 0 Å². The average Bonchev–Trinajstić information content (AvgIpc) is 2.56. The zero-order valence-electron chi connectivity index (χ0n) is 14.7. The molecule has 2 rings (SSSR count). The maximum absolute atomic E-state index is 12.4. The van der Waals surface area contributed by atoms with Crippen LogP contribution in [0.5, 0.6) is 5.75 Å². The Kier molecular flexibility index (Phi) is 6.82. The number of anilines is 1. The molecule has 2 aromatic carbocycles. The number of nitrogens with zero attached hydrogens (tertiary/aromatic N) is 1. The van der Waals surface area contributed by atoms with Crippen LogP contribution >= 0.6 is 0 Å². The highest BCUT2D eigenvalue weighted by molar-refractivity contribution is 5.93. The SMILES string of the molecule is CCN(CC(=O)Nc1ccccc1OC(C)C)Cc1ccccc1. The van der Waals surface area contributed by atoms with Gasteiger partial charge in [-0.05, 0) is 38.1 Å². The van der Waals surface area contributed by atoms with Crippen LogP contribution in [-0.2, 0) is 11.3 Å². The molecule has 4 heteroatoms. The van der Waals surface area contributed by atoms with Crippen LogP contribution in [0.3, 0.4) is 0 Å². The fraction of sp³-hybridized carbons (Fsp3) is 0.350. The summed E-state index contributed by atoms with van der Waals surface area (Å²) in [7, 11) is 0. The second-order valence-electron chi connectivity index (χ2n) is 6.00. The van der Waals surface area contributed by atoms with Crippen molar-refractivity contribution in [3.8, 4) is 5.75 Å². The fourth-order valence-electron chi connectivity index (χ4n) is 2.44. The first-order valence-electron chi connectivity index (χ1n) is 8.40. The van der Waals surface area contributed by atoms with E-state index in [1.165, 1.54) is 5.56 Å². The number of benzene rings is 2. The van der Waals surface area contributed by atoms with Crippen molar-refractivity contribution in [1.82, 2.24) is 4.90 Å². The molecule has 0 saturated carbocycles. The van der Waals surface area contributed by atoms with E-state index >= 15 is 0 Å². The van der Waals surface area contributed by atoms with E-state index in [0.717, 1.165) is 13.1 Å². The maximum atomic E-state index is 12.4. The third kappa shape index (κ3) is 5.70. The van der Waals surface area contributed by atoms with E-state index < -0.39 is 0 Å². The molecule has 128 valence electrons. The zero-order valence-corrected chi connectivity index (χ0v) is 14.7. The van der Waals surface area contributed by atoms with E-state index in [2.05, 4.69) is 29.3 Å². The highest BCUT2D eigenvalue weighted by Crippen LogP contribution is 2.24. The normalized spacial score (nSPS) is 10.9. The predicted octanol–water partition coefficient (Wildman–Crippen LogP) is 3.93. The average molecular weight is 326 g/mol. The van der Waals surface area contributed by atoms with Gasteiger partial charge in [-0.3, -0.25) is 9.69 Å². The van der Waals surface area contributed by atoms with Crippen LogP contribution in [-0.4, -0.2) is 30.0 Å². The monoisotopic (exact) mass is 326 g/mol. The molecule has 24 heavy (non-hydrogen) atoms. The van der Waals surface area contributed by atoms with Gasteiger partial charge in [0, 0.05) is 6.54 Å². The first-order chi connectivity index (χ1) is 11.6. The molecule has 0 unspecified atom stereocenters. The Bertz CT molecular complexity index is 641. The largest absolute Gasteiger partial charge is 0.489 e. The summed E-state index contributed by atoms with van der Waals surface area (Å²) in [5.74, 6) is 0.666. The zero-order chi connectivity index (χ0) is 17.4. The van der Waals surface area contributed by atoms with Gasteiger partial charge in [-0.25, -0.2) is 0 Å². The van der Waals surface area contributed by atoms with Gasteiger partial charge in [0.05, 0.1) is 18.3 Å². The summed E-state index contributed by atoms with van der Waals surface area (Å²) in [6.45, 7) is 7.92. The van der Waals surface area contributed by atoms with Gasteiger partial charge in [0.2, 0.25) is 5.91 Å². The Balaban J connectivity index is 1.97. The lowest BCUT2D eigenvalue weighted by Gasteiger charge is -2.21. The topological polar surface area (TPSA) is 41.6 Å². The third-order valence-electron chi connectivity index (χ3n) is 3.59. The number of para-hydroxylation sites is 2. The van der Waals surface area contributed by atoms with Crippen molar-refractivity contribution in [2.75, 3.05) is 18.4 Å². The van der Waals surface area contributed by atoms with Gasteiger partial charge >= 0.3 is 0 Å². The molecule has 1 N–H and O–H groups in total. The molecular formula is C20H26N2O2. The quantitative estimate of drug-likeness (QED) is 0.799. The summed E-state index contributed by atoms with van der Waals surface area (Å²) in [4.78, 5) is 14.5. The van der Waals surface area contributed by atoms with Gasteiger partial charge in [0.15, 0.2) is 0 Å². The van der Waals surface area contributed by atoms with Gasteiger partial charge in [0.25, 0.3) is 0 Å². The number of carbonyl (C=O) groups excluding carboxylic acids is 1. The summed E-state index contributed by atoms with van der Waals surface area (Å²) < 4.78 is 5.74. The number of rotatable bonds is 8. The molecule has 2 aromatic rings. The number of amides is 1. The minimum absolute atomic E-state index is 0.0346. The van der Waals surface area contributed by atoms with E-state index in [1.807, 2.05) is 56.3 Å². The Labute approximate surface area is 144 Å². The summed E-state index contributed by atoms with van der Waals surface area (Å²) in [6.07, 6.45) is 0.0632. The van der Waals surface area contributed by atoms with E-state index in [4.69, 9.17) is 4.74 Å². The maximum Gasteiger partial charge on any atom is 0.238 e. The van der Waals surface area contributed by atoms with Crippen molar-refractivity contribution in [1.29, 1.82) is 0 Å². The number of carbonyl (C=O) groups is 1. The van der Waals surface area contributed by atoms with Gasteiger partial charge < -0.3 is 10.1 Å². The highest BCUT2D eigenvalue weighted by atomic mass is 16.5. The van der Waals surface area contributed by atoms with Crippen molar-refractivity contribution < 1.29 is 9.53 Å². The fourth-order valence-corrected chi connectivity index (χ4v) is 2.44. The molecule has 0 aromatic heterocycles. The van der Waals surface area contributed by atoms with Crippen molar-refractivity contribution in [2.45, 2.75) is 33.4 Å². The molecule has 0 spiro atoms. The van der Waals surface area contributed by atoms with Gasteiger partial charge in [0.1, 0.15) is 5.75 Å². The molecule has 0 bridgehead atoms. The third-order valence-corrected chi connectivity index (χ3v) is 3.59. The molecular weight excluding hydrogens is 300 g/mol. The van der Waals surface area contributed by atoms with E-state index in [-0.39, 0.29) is 12.0 Å². The van der Waals surface area contributed by atoms with Crippen LogP contribution in [0.2, 0.25) is 0 Å². The van der Waals surface area contributed by atoms with Crippen molar-refractivity contribution in [3.05, 3.63) is 60.2 Å². The second-order valence-corrected chi connectivity index (χ2v) is 6.00. The number of hydrogen-bond acceptors (Lipinski definition) is 3. The number of likely N-dealkylation sites (N-methyl/N-ethyl adjacent to an activating group) is 1. The molecule has 0 radical (unpaired) electrons. The summed E-state index contributed by atoms with van der Waals surface area (Å²) in [5.41, 5.74) is 1.92. The minimum atomic E-state index is -0.0346. The van der Waals surface area contributed by atoms with E-state index in [0.29, 0.717) is 18.0 Å². The first-order valence-corrected chi connectivity index (χ1v) is 8.40. The number of ether oxygens (including phenoxy) is 1. The minimum Gasteiger partial charge on any atom is -0.489 e. The van der Waals surface area contributed by atoms with Crippen LogP contribution in [0.4, 0.5) is 5.69 Å². The number of nitrogens with one attached hydrogen (secondary N) is 1. The molecule has 0 aliphatic carbocycles. The highest BCUT2D eigenvalue weighted by Gasteiger charge is 2.12. The van der Waals surface area contributed by atoms with E-state index in [1.54, 1.807) is 0 Å². The van der Waals surface area contributed by atoms with Crippen LogP contribution in [0.15, 0.2) is 54.6 Å². The van der Waals surface area contributed by atoms with Crippen LogP contribution < -0.4 is 10.1 Å². The molecule has 0 heterocycles. The first kappa shape index (κ1) is 18.0. The molecule has 0 aliphatic rings. The Hall–Kier alpha value is -2.33. The molecule has 0 atom stereocenters. The van der Waals surface area contributed by atoms with Gasteiger partial charge in [-0.15, -0.1) is 0 Å². The van der Waals surface area contributed by atoms with Crippen molar-refractivity contribution >= 4 is 11.6 Å². The van der Waals surface area contributed by atoms with Crippen LogP contribution in [0, 0.1) is 0 Å². The Morgan fingerprint density at radius 3 is 2.42 bits per heavy atom. The van der Waals surface area contributed by atoms with Crippen molar-refractivity contribution in [2.24, 2.45) is 0 Å².